The molecule has 26 heavy (non-hydrogen) atoms. The van der Waals surface area contributed by atoms with Gasteiger partial charge >= 0.3 is 0 Å². The number of benzene rings is 2. The highest BCUT2D eigenvalue weighted by atomic mass is 35.5. The molecule has 134 valence electrons. The van der Waals surface area contributed by atoms with E-state index in [1.165, 1.54) is 0 Å². The quantitative estimate of drug-likeness (QED) is 0.417. The Morgan fingerprint density at radius 1 is 1.19 bits per heavy atom. The lowest BCUT2D eigenvalue weighted by Crippen LogP contribution is -2.42. The largest absolute Gasteiger partial charge is 0.356 e. The van der Waals surface area contributed by atoms with Crippen molar-refractivity contribution in [2.24, 2.45) is 4.99 Å². The van der Waals surface area contributed by atoms with Crippen LogP contribution < -0.4 is 16.0 Å². The molecule has 0 aliphatic rings. The molecule has 0 unspecified atom stereocenters. The number of halogens is 1. The maximum absolute atomic E-state index is 12.0. The van der Waals surface area contributed by atoms with Crippen molar-refractivity contribution in [1.82, 2.24) is 10.6 Å². The summed E-state index contributed by atoms with van der Waals surface area (Å²) in [7, 11) is 1.66. The first kappa shape index (κ1) is 19.4. The fourth-order valence-corrected chi connectivity index (χ4v) is 2.51. The number of amides is 1. The van der Waals surface area contributed by atoms with E-state index in [9.17, 15) is 4.79 Å². The zero-order valence-corrected chi connectivity index (χ0v) is 15.3. The molecular weight excluding hydrogens is 348 g/mol. The van der Waals surface area contributed by atoms with Crippen LogP contribution in [0.4, 0.5) is 5.69 Å². The van der Waals surface area contributed by atoms with Gasteiger partial charge in [-0.25, -0.2) is 0 Å². The first-order valence-corrected chi connectivity index (χ1v) is 8.54. The Morgan fingerprint density at radius 2 is 2.00 bits per heavy atom. The fraction of sp³-hybridized carbons (Fsp3) is 0.200. The molecule has 0 saturated heterocycles. The van der Waals surface area contributed by atoms with Gasteiger partial charge in [0.2, 0.25) is 5.91 Å². The average molecular weight is 369 g/mol. The van der Waals surface area contributed by atoms with Crippen molar-refractivity contribution in [3.05, 3.63) is 64.7 Å². The maximum Gasteiger partial charge on any atom is 0.243 e. The van der Waals surface area contributed by atoms with Crippen LogP contribution in [-0.4, -0.2) is 32.0 Å². The molecule has 0 saturated carbocycles. The summed E-state index contributed by atoms with van der Waals surface area (Å²) in [6.07, 6.45) is 6.15. The third-order valence-electron chi connectivity index (χ3n) is 3.55. The SMILES string of the molecule is C#Cc1cccc(NC(=O)CNC(=NC)NCCc2cccc(Cl)c2)c1. The zero-order valence-electron chi connectivity index (χ0n) is 14.6. The van der Waals surface area contributed by atoms with Crippen LogP contribution in [0.3, 0.4) is 0 Å². The van der Waals surface area contributed by atoms with E-state index in [0.29, 0.717) is 23.8 Å². The number of terminal acetylenes is 1. The highest BCUT2D eigenvalue weighted by Gasteiger charge is 2.05. The van der Waals surface area contributed by atoms with Crippen LogP contribution in [0.15, 0.2) is 53.5 Å². The molecule has 0 aliphatic carbocycles. The highest BCUT2D eigenvalue weighted by molar-refractivity contribution is 6.30. The molecule has 3 N–H and O–H groups in total. The average Bonchev–Trinajstić information content (AvgIpc) is 2.64. The van der Waals surface area contributed by atoms with E-state index in [2.05, 4.69) is 26.9 Å². The molecule has 0 spiro atoms. The van der Waals surface area contributed by atoms with Crippen molar-refractivity contribution in [3.63, 3.8) is 0 Å². The number of aliphatic imine (C=N–C) groups is 1. The minimum Gasteiger partial charge on any atom is -0.356 e. The second-order valence-electron chi connectivity index (χ2n) is 5.51. The van der Waals surface area contributed by atoms with Gasteiger partial charge in [-0.15, -0.1) is 6.42 Å². The number of anilines is 1. The van der Waals surface area contributed by atoms with Gasteiger partial charge in [-0.2, -0.15) is 0 Å². The Morgan fingerprint density at radius 3 is 2.73 bits per heavy atom. The van der Waals surface area contributed by atoms with Gasteiger partial charge in [0.15, 0.2) is 5.96 Å². The van der Waals surface area contributed by atoms with Gasteiger partial charge in [-0.3, -0.25) is 9.79 Å². The van der Waals surface area contributed by atoms with Gasteiger partial charge in [0.1, 0.15) is 0 Å². The number of carbonyl (C=O) groups is 1. The van der Waals surface area contributed by atoms with Crippen LogP contribution in [-0.2, 0) is 11.2 Å². The molecule has 2 rings (SSSR count). The van der Waals surface area contributed by atoms with Gasteiger partial charge in [0, 0.05) is 29.9 Å². The van der Waals surface area contributed by atoms with E-state index in [0.717, 1.165) is 17.0 Å². The first-order chi connectivity index (χ1) is 12.6. The van der Waals surface area contributed by atoms with Gasteiger partial charge in [-0.05, 0) is 42.3 Å². The fourth-order valence-electron chi connectivity index (χ4n) is 2.29. The van der Waals surface area contributed by atoms with E-state index in [1.807, 2.05) is 24.3 Å². The lowest BCUT2D eigenvalue weighted by Gasteiger charge is -2.12. The van der Waals surface area contributed by atoms with Crippen molar-refractivity contribution >= 4 is 29.2 Å². The number of nitrogens with zero attached hydrogens (tertiary/aromatic N) is 1. The third kappa shape index (κ3) is 6.50. The number of hydrogen-bond acceptors (Lipinski definition) is 2. The second-order valence-corrected chi connectivity index (χ2v) is 5.94. The third-order valence-corrected chi connectivity index (χ3v) is 3.78. The predicted octanol–water partition coefficient (Wildman–Crippen LogP) is 2.67. The number of carbonyl (C=O) groups excluding carboxylic acids is 1. The van der Waals surface area contributed by atoms with Crippen LogP contribution in [0, 0.1) is 12.3 Å². The summed E-state index contributed by atoms with van der Waals surface area (Å²) in [5.74, 6) is 2.91. The molecule has 0 bridgehead atoms. The zero-order chi connectivity index (χ0) is 18.8. The van der Waals surface area contributed by atoms with Crippen LogP contribution in [0.25, 0.3) is 0 Å². The molecule has 0 radical (unpaired) electrons. The summed E-state index contributed by atoms with van der Waals surface area (Å²) < 4.78 is 0. The number of rotatable bonds is 6. The van der Waals surface area contributed by atoms with E-state index in [-0.39, 0.29) is 12.5 Å². The van der Waals surface area contributed by atoms with Crippen LogP contribution >= 0.6 is 11.6 Å². The number of hydrogen-bond donors (Lipinski definition) is 3. The smallest absolute Gasteiger partial charge is 0.243 e. The summed E-state index contributed by atoms with van der Waals surface area (Å²) in [5, 5.41) is 9.65. The maximum atomic E-state index is 12.0. The van der Waals surface area contributed by atoms with Gasteiger partial charge in [0.25, 0.3) is 0 Å². The van der Waals surface area contributed by atoms with Crippen molar-refractivity contribution < 1.29 is 4.79 Å². The molecule has 2 aromatic rings. The Kier molecular flexibility index (Phi) is 7.53. The molecular formula is C20H21ClN4O. The predicted molar refractivity (Wildman–Crippen MR) is 108 cm³/mol. The molecule has 0 fully saturated rings. The lowest BCUT2D eigenvalue weighted by molar-refractivity contribution is -0.115. The van der Waals surface area contributed by atoms with Gasteiger partial charge in [-0.1, -0.05) is 35.7 Å². The van der Waals surface area contributed by atoms with E-state index < -0.39 is 0 Å². The van der Waals surface area contributed by atoms with Crippen molar-refractivity contribution in [2.45, 2.75) is 6.42 Å². The molecule has 0 aromatic heterocycles. The molecule has 0 heterocycles. The monoisotopic (exact) mass is 368 g/mol. The van der Waals surface area contributed by atoms with Crippen LogP contribution in [0.1, 0.15) is 11.1 Å². The summed E-state index contributed by atoms with van der Waals surface area (Å²) in [5.41, 5.74) is 2.51. The van der Waals surface area contributed by atoms with Crippen molar-refractivity contribution in [1.29, 1.82) is 0 Å². The lowest BCUT2D eigenvalue weighted by atomic mass is 10.1. The minimum atomic E-state index is -0.183. The molecule has 6 heteroatoms. The van der Waals surface area contributed by atoms with Gasteiger partial charge < -0.3 is 16.0 Å². The molecule has 0 aliphatic heterocycles. The Bertz CT molecular complexity index is 827. The van der Waals surface area contributed by atoms with Gasteiger partial charge in [0.05, 0.1) is 6.54 Å². The molecule has 1 amide bonds. The van der Waals surface area contributed by atoms with Crippen molar-refractivity contribution in [2.75, 3.05) is 25.5 Å². The van der Waals surface area contributed by atoms with E-state index in [1.54, 1.807) is 31.3 Å². The van der Waals surface area contributed by atoms with Crippen molar-refractivity contribution in [3.8, 4) is 12.3 Å². The summed E-state index contributed by atoms with van der Waals surface area (Å²) in [4.78, 5) is 16.1. The number of guanidine groups is 1. The molecule has 0 atom stereocenters. The Labute approximate surface area is 158 Å². The highest BCUT2D eigenvalue weighted by Crippen LogP contribution is 2.11. The molecule has 5 nitrogen and oxygen atoms in total. The minimum absolute atomic E-state index is 0.0944. The normalized spacial score (nSPS) is 10.7. The van der Waals surface area contributed by atoms with Crippen LogP contribution in [0.5, 0.6) is 0 Å². The van der Waals surface area contributed by atoms with E-state index in [4.69, 9.17) is 18.0 Å². The topological polar surface area (TPSA) is 65.5 Å². The van der Waals surface area contributed by atoms with Crippen LogP contribution in [0.2, 0.25) is 5.02 Å². The second kappa shape index (κ2) is 10.1. The molecule has 2 aromatic carbocycles. The summed E-state index contributed by atoms with van der Waals surface area (Å²) in [6.45, 7) is 0.767. The first-order valence-electron chi connectivity index (χ1n) is 8.16. The van der Waals surface area contributed by atoms with E-state index >= 15 is 0 Å². The Hall–Kier alpha value is -2.97. The number of nitrogens with one attached hydrogen (secondary N) is 3. The Balaban J connectivity index is 1.75. The summed E-state index contributed by atoms with van der Waals surface area (Å²) in [6, 6.07) is 14.8. The summed E-state index contributed by atoms with van der Waals surface area (Å²) >= 11 is 5.97. The standard InChI is InChI=1S/C20H21ClN4O/c1-3-15-6-5-9-18(13-15)25-19(26)14-24-20(22-2)23-11-10-16-7-4-8-17(21)12-16/h1,4-9,12-13H,10-11,14H2,2H3,(H,25,26)(H2,22,23,24).